The second kappa shape index (κ2) is 8.25. The molecule has 1 N–H and O–H groups in total. The molecule has 1 amide bonds. The van der Waals surface area contributed by atoms with Crippen molar-refractivity contribution in [1.29, 1.82) is 0 Å². The smallest absolute Gasteiger partial charge is 0.226 e. The minimum absolute atomic E-state index is 0.0960. The van der Waals surface area contributed by atoms with Crippen molar-refractivity contribution in [3.05, 3.63) is 59.7 Å². The predicted molar refractivity (Wildman–Crippen MR) is 95.9 cm³/mol. The maximum atomic E-state index is 13.3. The van der Waals surface area contributed by atoms with E-state index in [1.165, 1.54) is 6.07 Å². The number of Topliss-reactive ketones (excluding diaryl/α,β-unsaturated/α-hetero) is 1. The van der Waals surface area contributed by atoms with E-state index < -0.39 is 16.9 Å². The highest BCUT2D eigenvalue weighted by molar-refractivity contribution is 8.00. The first-order valence-electron chi connectivity index (χ1n) is 7.84. The van der Waals surface area contributed by atoms with Crippen molar-refractivity contribution >= 4 is 29.1 Å². The monoisotopic (exact) mass is 363 g/mol. The number of thioether (sulfide) groups is 1. The van der Waals surface area contributed by atoms with Gasteiger partial charge in [-0.05, 0) is 49.4 Å². The van der Waals surface area contributed by atoms with Crippen molar-refractivity contribution < 1.29 is 18.4 Å². The minimum Gasteiger partial charge on any atom is -0.326 e. The molecule has 0 fully saturated rings. The Kier molecular flexibility index (Phi) is 6.31. The van der Waals surface area contributed by atoms with E-state index >= 15 is 0 Å². The van der Waals surface area contributed by atoms with Gasteiger partial charge in [-0.2, -0.15) is 0 Å². The van der Waals surface area contributed by atoms with Crippen molar-refractivity contribution in [2.75, 3.05) is 5.32 Å². The van der Waals surface area contributed by atoms with Crippen LogP contribution >= 0.6 is 11.8 Å². The van der Waals surface area contributed by atoms with Crippen LogP contribution in [0.1, 0.15) is 31.1 Å². The highest BCUT2D eigenvalue weighted by atomic mass is 32.2. The van der Waals surface area contributed by atoms with Gasteiger partial charge < -0.3 is 5.32 Å². The van der Waals surface area contributed by atoms with Gasteiger partial charge in [0.15, 0.2) is 17.4 Å². The number of rotatable bonds is 6. The standard InChI is InChI=1S/C19H19F2NO2S/c1-11(2)19(24)22-14-6-4-13(5-7-14)18(23)12(3)25-15-8-9-16(20)17(21)10-15/h4-12H,1-3H3,(H,22,24)/t12-/m0/s1. The Morgan fingerprint density at radius 1 is 0.960 bits per heavy atom. The van der Waals surface area contributed by atoms with Crippen LogP contribution in [0.4, 0.5) is 14.5 Å². The SMILES string of the molecule is CC(C)C(=O)Nc1ccc(C(=O)[C@H](C)Sc2ccc(F)c(F)c2)cc1. The van der Waals surface area contributed by atoms with E-state index in [0.29, 0.717) is 16.1 Å². The van der Waals surface area contributed by atoms with E-state index in [2.05, 4.69) is 5.32 Å². The molecule has 0 aromatic heterocycles. The lowest BCUT2D eigenvalue weighted by molar-refractivity contribution is -0.118. The van der Waals surface area contributed by atoms with Crippen LogP contribution < -0.4 is 5.32 Å². The van der Waals surface area contributed by atoms with Crippen LogP contribution in [0.25, 0.3) is 0 Å². The second-order valence-corrected chi connectivity index (χ2v) is 7.34. The zero-order valence-corrected chi connectivity index (χ0v) is 15.0. The number of benzene rings is 2. The summed E-state index contributed by atoms with van der Waals surface area (Å²) >= 11 is 1.16. The number of carbonyl (C=O) groups excluding carboxylic acids is 2. The molecule has 0 bridgehead atoms. The molecular formula is C19H19F2NO2S. The third kappa shape index (κ3) is 5.13. The van der Waals surface area contributed by atoms with Crippen LogP contribution in [0, 0.1) is 17.6 Å². The summed E-state index contributed by atoms with van der Waals surface area (Å²) in [5.74, 6) is -2.20. The average molecular weight is 363 g/mol. The maximum Gasteiger partial charge on any atom is 0.226 e. The molecule has 0 aliphatic heterocycles. The Hall–Kier alpha value is -2.21. The Morgan fingerprint density at radius 2 is 1.60 bits per heavy atom. The molecule has 0 heterocycles. The maximum absolute atomic E-state index is 13.3. The number of halogens is 2. The summed E-state index contributed by atoms with van der Waals surface area (Å²) < 4.78 is 26.2. The topological polar surface area (TPSA) is 46.2 Å². The summed E-state index contributed by atoms with van der Waals surface area (Å²) in [6.07, 6.45) is 0. The first kappa shape index (κ1) is 19.1. The fourth-order valence-electron chi connectivity index (χ4n) is 2.05. The van der Waals surface area contributed by atoms with Crippen molar-refractivity contribution in [3.8, 4) is 0 Å². The number of carbonyl (C=O) groups is 2. The van der Waals surface area contributed by atoms with E-state index in [1.54, 1.807) is 45.0 Å². The van der Waals surface area contributed by atoms with Gasteiger partial charge in [-0.15, -0.1) is 11.8 Å². The number of nitrogens with one attached hydrogen (secondary N) is 1. The Balaban J connectivity index is 2.03. The summed E-state index contributed by atoms with van der Waals surface area (Å²) in [5, 5.41) is 2.30. The number of hydrogen-bond acceptors (Lipinski definition) is 3. The molecule has 0 saturated heterocycles. The highest BCUT2D eigenvalue weighted by Gasteiger charge is 2.17. The van der Waals surface area contributed by atoms with Crippen LogP contribution in [-0.4, -0.2) is 16.9 Å². The summed E-state index contributed by atoms with van der Waals surface area (Å²) in [4.78, 5) is 24.6. The van der Waals surface area contributed by atoms with E-state index in [1.807, 2.05) is 0 Å². The zero-order chi connectivity index (χ0) is 18.6. The van der Waals surface area contributed by atoms with Gasteiger partial charge in [0.05, 0.1) is 5.25 Å². The zero-order valence-electron chi connectivity index (χ0n) is 14.2. The van der Waals surface area contributed by atoms with Crippen LogP contribution in [0.3, 0.4) is 0 Å². The Morgan fingerprint density at radius 3 is 2.16 bits per heavy atom. The normalized spacial score (nSPS) is 12.1. The molecule has 1 atom stereocenters. The molecule has 2 rings (SSSR count). The fraction of sp³-hybridized carbons (Fsp3) is 0.263. The Bertz CT molecular complexity index is 775. The lowest BCUT2D eigenvalue weighted by Crippen LogP contribution is -2.18. The number of hydrogen-bond donors (Lipinski definition) is 1. The molecule has 0 radical (unpaired) electrons. The van der Waals surface area contributed by atoms with Crippen LogP contribution in [0.2, 0.25) is 0 Å². The number of ketones is 1. The first-order valence-corrected chi connectivity index (χ1v) is 8.72. The highest BCUT2D eigenvalue weighted by Crippen LogP contribution is 2.27. The quantitative estimate of drug-likeness (QED) is 0.585. The minimum atomic E-state index is -0.935. The molecule has 132 valence electrons. The van der Waals surface area contributed by atoms with Crippen molar-refractivity contribution in [2.24, 2.45) is 5.92 Å². The molecule has 3 nitrogen and oxygen atoms in total. The third-order valence-electron chi connectivity index (χ3n) is 3.53. The average Bonchev–Trinajstić information content (AvgIpc) is 2.58. The second-order valence-electron chi connectivity index (χ2n) is 5.92. The van der Waals surface area contributed by atoms with Crippen LogP contribution in [-0.2, 0) is 4.79 Å². The van der Waals surface area contributed by atoms with Gasteiger partial charge in [-0.1, -0.05) is 13.8 Å². The molecular weight excluding hydrogens is 344 g/mol. The van der Waals surface area contributed by atoms with Crippen molar-refractivity contribution in [1.82, 2.24) is 0 Å². The van der Waals surface area contributed by atoms with E-state index in [0.717, 1.165) is 23.9 Å². The van der Waals surface area contributed by atoms with Gasteiger partial charge in [0.2, 0.25) is 5.91 Å². The molecule has 2 aromatic carbocycles. The number of amides is 1. The predicted octanol–water partition coefficient (Wildman–Crippen LogP) is 4.92. The van der Waals surface area contributed by atoms with Gasteiger partial charge >= 0.3 is 0 Å². The van der Waals surface area contributed by atoms with Crippen LogP contribution in [0.15, 0.2) is 47.4 Å². The third-order valence-corrected chi connectivity index (χ3v) is 4.63. The molecule has 0 aliphatic carbocycles. The molecule has 0 saturated carbocycles. The Labute approximate surface area is 149 Å². The van der Waals surface area contributed by atoms with Gasteiger partial charge in [-0.25, -0.2) is 8.78 Å². The molecule has 0 spiro atoms. The summed E-state index contributed by atoms with van der Waals surface area (Å²) in [6, 6.07) is 10.2. The van der Waals surface area contributed by atoms with Crippen molar-refractivity contribution in [2.45, 2.75) is 30.9 Å². The lowest BCUT2D eigenvalue weighted by atomic mass is 10.1. The first-order chi connectivity index (χ1) is 11.8. The van der Waals surface area contributed by atoms with Gasteiger partial charge in [0.1, 0.15) is 0 Å². The van der Waals surface area contributed by atoms with Gasteiger partial charge in [-0.3, -0.25) is 9.59 Å². The van der Waals surface area contributed by atoms with Crippen LogP contribution in [0.5, 0.6) is 0 Å². The lowest BCUT2D eigenvalue weighted by Gasteiger charge is -2.12. The van der Waals surface area contributed by atoms with Gasteiger partial charge in [0, 0.05) is 22.1 Å². The fourth-order valence-corrected chi connectivity index (χ4v) is 3.02. The summed E-state index contributed by atoms with van der Waals surface area (Å²) in [7, 11) is 0. The largest absolute Gasteiger partial charge is 0.326 e. The molecule has 6 heteroatoms. The molecule has 25 heavy (non-hydrogen) atoms. The number of anilines is 1. The van der Waals surface area contributed by atoms with Crippen molar-refractivity contribution in [3.63, 3.8) is 0 Å². The van der Waals surface area contributed by atoms with E-state index in [-0.39, 0.29) is 17.6 Å². The summed E-state index contributed by atoms with van der Waals surface area (Å²) in [6.45, 7) is 5.30. The van der Waals surface area contributed by atoms with Gasteiger partial charge in [0.25, 0.3) is 0 Å². The summed E-state index contributed by atoms with van der Waals surface area (Å²) in [5.41, 5.74) is 1.11. The molecule has 0 aliphatic rings. The molecule has 0 unspecified atom stereocenters. The van der Waals surface area contributed by atoms with E-state index in [9.17, 15) is 18.4 Å². The van der Waals surface area contributed by atoms with E-state index in [4.69, 9.17) is 0 Å². The molecule has 2 aromatic rings.